The molecule has 0 saturated carbocycles. The second-order valence-corrected chi connectivity index (χ2v) is 5.44. The highest BCUT2D eigenvalue weighted by Crippen LogP contribution is 2.21. The molecule has 8 nitrogen and oxygen atoms in total. The maximum Gasteiger partial charge on any atom is 0.328 e. The minimum Gasteiger partial charge on any atom is -0.453 e. The molecule has 0 aliphatic carbocycles. The van der Waals surface area contributed by atoms with Gasteiger partial charge in [-0.05, 0) is 45.0 Å². The molecule has 1 heterocycles. The summed E-state index contributed by atoms with van der Waals surface area (Å²) in [6, 6.07) is 4.87. The first-order valence-corrected chi connectivity index (χ1v) is 7.38. The van der Waals surface area contributed by atoms with E-state index >= 15 is 0 Å². The van der Waals surface area contributed by atoms with Gasteiger partial charge in [0.1, 0.15) is 23.7 Å². The molecular formula is C16H16FN3O5. The van der Waals surface area contributed by atoms with Gasteiger partial charge in [0.25, 0.3) is 0 Å². The molecule has 0 spiro atoms. The molecule has 1 aromatic carbocycles. The van der Waals surface area contributed by atoms with Crippen LogP contribution in [0.5, 0.6) is 0 Å². The van der Waals surface area contributed by atoms with Crippen LogP contribution in [0.3, 0.4) is 0 Å². The Labute approximate surface area is 142 Å². The van der Waals surface area contributed by atoms with Crippen molar-refractivity contribution in [2.24, 2.45) is 0 Å². The zero-order valence-electron chi connectivity index (χ0n) is 13.9. The van der Waals surface area contributed by atoms with Crippen molar-refractivity contribution in [3.63, 3.8) is 0 Å². The largest absolute Gasteiger partial charge is 0.453 e. The molecular weight excluding hydrogens is 333 g/mol. The number of carbonyl (C=O) groups is 2. The average molecular weight is 349 g/mol. The summed E-state index contributed by atoms with van der Waals surface area (Å²) in [5.41, 5.74) is 0.453. The number of rotatable bonds is 6. The zero-order valence-corrected chi connectivity index (χ0v) is 13.9. The van der Waals surface area contributed by atoms with Crippen molar-refractivity contribution in [1.82, 2.24) is 9.78 Å². The average Bonchev–Trinajstić information content (AvgIpc) is 2.81. The lowest BCUT2D eigenvalue weighted by Gasteiger charge is -2.12. The SMILES string of the molecule is Cc1nn(CC(=O)O[C@H](C)C(=O)c2ccc(F)cc2)c(C)c1[N+](=O)[O-]. The van der Waals surface area contributed by atoms with Crippen LogP contribution in [0.1, 0.15) is 28.7 Å². The van der Waals surface area contributed by atoms with Crippen molar-refractivity contribution in [1.29, 1.82) is 0 Å². The fourth-order valence-electron chi connectivity index (χ4n) is 2.36. The molecule has 0 amide bonds. The fourth-order valence-corrected chi connectivity index (χ4v) is 2.36. The second kappa shape index (κ2) is 7.20. The fraction of sp³-hybridized carbons (Fsp3) is 0.312. The highest BCUT2D eigenvalue weighted by Gasteiger charge is 2.25. The van der Waals surface area contributed by atoms with Crippen molar-refractivity contribution in [2.75, 3.05) is 0 Å². The van der Waals surface area contributed by atoms with Crippen molar-refractivity contribution in [3.8, 4) is 0 Å². The molecule has 0 aliphatic heterocycles. The maximum atomic E-state index is 12.9. The van der Waals surface area contributed by atoms with Crippen LogP contribution < -0.4 is 0 Å². The molecule has 1 atom stereocenters. The van der Waals surface area contributed by atoms with Crippen molar-refractivity contribution in [3.05, 3.63) is 57.1 Å². The number of esters is 1. The molecule has 9 heteroatoms. The number of aryl methyl sites for hydroxylation is 1. The third kappa shape index (κ3) is 4.06. The molecule has 0 N–H and O–H groups in total. The van der Waals surface area contributed by atoms with Gasteiger partial charge in [0.2, 0.25) is 5.78 Å². The van der Waals surface area contributed by atoms with Gasteiger partial charge in [0.05, 0.1) is 4.92 Å². The normalized spacial score (nSPS) is 11.8. The lowest BCUT2D eigenvalue weighted by molar-refractivity contribution is -0.386. The van der Waals surface area contributed by atoms with E-state index in [9.17, 15) is 24.1 Å². The number of ether oxygens (including phenoxy) is 1. The van der Waals surface area contributed by atoms with E-state index in [1.165, 1.54) is 32.9 Å². The molecule has 0 radical (unpaired) electrons. The van der Waals surface area contributed by atoms with E-state index in [1.807, 2.05) is 0 Å². The van der Waals surface area contributed by atoms with Crippen LogP contribution in [-0.4, -0.2) is 32.6 Å². The monoisotopic (exact) mass is 349 g/mol. The number of Topliss-reactive ketones (excluding diaryl/α,β-unsaturated/α-hetero) is 1. The highest BCUT2D eigenvalue weighted by molar-refractivity contribution is 6.00. The third-order valence-electron chi connectivity index (χ3n) is 3.61. The summed E-state index contributed by atoms with van der Waals surface area (Å²) in [5.74, 6) is -1.72. The Morgan fingerprint density at radius 2 is 1.92 bits per heavy atom. The van der Waals surface area contributed by atoms with Crippen LogP contribution >= 0.6 is 0 Å². The first-order valence-electron chi connectivity index (χ1n) is 7.38. The van der Waals surface area contributed by atoms with Crippen LogP contribution in [0.25, 0.3) is 0 Å². The molecule has 2 rings (SSSR count). The number of benzene rings is 1. The van der Waals surface area contributed by atoms with Gasteiger partial charge in [-0.15, -0.1) is 0 Å². The minimum absolute atomic E-state index is 0.164. The van der Waals surface area contributed by atoms with E-state index in [1.54, 1.807) is 0 Å². The molecule has 0 unspecified atom stereocenters. The Morgan fingerprint density at radius 1 is 1.32 bits per heavy atom. The van der Waals surface area contributed by atoms with Gasteiger partial charge < -0.3 is 4.74 Å². The van der Waals surface area contributed by atoms with E-state index < -0.39 is 28.6 Å². The molecule has 0 bridgehead atoms. The third-order valence-corrected chi connectivity index (χ3v) is 3.61. The molecule has 2 aromatic rings. The number of nitrogens with zero attached hydrogens (tertiary/aromatic N) is 3. The minimum atomic E-state index is -1.08. The molecule has 0 fully saturated rings. The van der Waals surface area contributed by atoms with E-state index in [4.69, 9.17) is 4.74 Å². The number of halogens is 1. The van der Waals surface area contributed by atoms with E-state index in [0.717, 1.165) is 16.8 Å². The molecule has 0 aliphatic rings. The smallest absolute Gasteiger partial charge is 0.328 e. The quantitative estimate of drug-likeness (QED) is 0.343. The summed E-state index contributed by atoms with van der Waals surface area (Å²) < 4.78 is 19.1. The summed E-state index contributed by atoms with van der Waals surface area (Å²) >= 11 is 0. The molecule has 132 valence electrons. The Morgan fingerprint density at radius 3 is 2.44 bits per heavy atom. The maximum absolute atomic E-state index is 12.9. The summed E-state index contributed by atoms with van der Waals surface area (Å²) in [7, 11) is 0. The Hall–Kier alpha value is -3.10. The van der Waals surface area contributed by atoms with Crippen LogP contribution in [0, 0.1) is 29.8 Å². The zero-order chi connectivity index (χ0) is 18.7. The van der Waals surface area contributed by atoms with E-state index in [-0.39, 0.29) is 29.2 Å². The molecule has 0 saturated heterocycles. The van der Waals surface area contributed by atoms with Crippen LogP contribution in [-0.2, 0) is 16.1 Å². The summed E-state index contributed by atoms with van der Waals surface area (Å²) in [6.45, 7) is 3.97. The Balaban J connectivity index is 2.05. The lowest BCUT2D eigenvalue weighted by atomic mass is 10.1. The standard InChI is InChI=1S/C16H16FN3O5/c1-9-15(20(23)24)10(2)19(18-9)8-14(21)25-11(3)16(22)12-4-6-13(17)7-5-12/h4-7,11H,8H2,1-3H3/t11-/m1/s1. The molecule has 1 aromatic heterocycles. The van der Waals surface area contributed by atoms with Gasteiger partial charge >= 0.3 is 11.7 Å². The predicted octanol–water partition coefficient (Wildman–Crippen LogP) is 2.36. The highest BCUT2D eigenvalue weighted by atomic mass is 19.1. The first-order chi connectivity index (χ1) is 11.7. The summed E-state index contributed by atoms with van der Waals surface area (Å²) in [5, 5.41) is 14.9. The Bertz CT molecular complexity index is 829. The Kier molecular flexibility index (Phi) is 5.26. The number of ketones is 1. The van der Waals surface area contributed by atoms with Crippen LogP contribution in [0.2, 0.25) is 0 Å². The van der Waals surface area contributed by atoms with Crippen LogP contribution in [0.15, 0.2) is 24.3 Å². The number of carbonyl (C=O) groups excluding carboxylic acids is 2. The molecule has 25 heavy (non-hydrogen) atoms. The second-order valence-electron chi connectivity index (χ2n) is 5.44. The van der Waals surface area contributed by atoms with Gasteiger partial charge in [-0.25, -0.2) is 4.39 Å². The van der Waals surface area contributed by atoms with E-state index in [0.29, 0.717) is 0 Å². The van der Waals surface area contributed by atoms with Gasteiger partial charge in [-0.1, -0.05) is 0 Å². The van der Waals surface area contributed by atoms with Gasteiger partial charge in [-0.3, -0.25) is 24.4 Å². The van der Waals surface area contributed by atoms with Gasteiger partial charge in [-0.2, -0.15) is 5.10 Å². The number of nitro groups is 1. The van der Waals surface area contributed by atoms with Gasteiger partial charge in [0, 0.05) is 5.56 Å². The summed E-state index contributed by atoms with van der Waals surface area (Å²) in [4.78, 5) is 34.5. The lowest BCUT2D eigenvalue weighted by Crippen LogP contribution is -2.27. The van der Waals surface area contributed by atoms with Crippen molar-refractivity contribution in [2.45, 2.75) is 33.4 Å². The predicted molar refractivity (Wildman–Crippen MR) is 84.6 cm³/mol. The summed E-state index contributed by atoms with van der Waals surface area (Å²) in [6.07, 6.45) is -1.08. The van der Waals surface area contributed by atoms with Crippen molar-refractivity contribution >= 4 is 17.4 Å². The number of aromatic nitrogens is 2. The van der Waals surface area contributed by atoms with Crippen molar-refractivity contribution < 1.29 is 23.6 Å². The number of hydrogen-bond donors (Lipinski definition) is 0. The van der Waals surface area contributed by atoms with Gasteiger partial charge in [0.15, 0.2) is 6.10 Å². The van der Waals surface area contributed by atoms with Crippen LogP contribution in [0.4, 0.5) is 10.1 Å². The number of hydrogen-bond acceptors (Lipinski definition) is 6. The first kappa shape index (κ1) is 18.2. The van der Waals surface area contributed by atoms with E-state index in [2.05, 4.69) is 5.10 Å². The topological polar surface area (TPSA) is 104 Å².